The molecule has 2 atom stereocenters. The van der Waals surface area contributed by atoms with Gasteiger partial charge in [0.1, 0.15) is 5.75 Å². The Bertz CT molecular complexity index is 514. The molecule has 1 saturated heterocycles. The first-order valence-corrected chi connectivity index (χ1v) is 7.27. The number of urea groups is 1. The fourth-order valence-corrected chi connectivity index (χ4v) is 2.34. The van der Waals surface area contributed by atoms with E-state index in [1.807, 2.05) is 5.32 Å². The molecular weight excluding hydrogens is 313 g/mol. The lowest BCUT2D eigenvalue weighted by molar-refractivity contribution is -0.154. The van der Waals surface area contributed by atoms with Crippen LogP contribution in [0.15, 0.2) is 24.3 Å². The number of ether oxygens (including phenoxy) is 2. The summed E-state index contributed by atoms with van der Waals surface area (Å²) in [6, 6.07) is 2.42. The first-order valence-electron chi connectivity index (χ1n) is 7.27. The van der Waals surface area contributed by atoms with Gasteiger partial charge in [-0.15, -0.1) is 0 Å². The van der Waals surface area contributed by atoms with E-state index in [2.05, 4.69) is 5.32 Å². The van der Waals surface area contributed by atoms with E-state index in [0.717, 1.165) is 12.8 Å². The van der Waals surface area contributed by atoms with Crippen LogP contribution >= 0.6 is 0 Å². The van der Waals surface area contributed by atoms with Crippen molar-refractivity contribution in [3.63, 3.8) is 0 Å². The van der Waals surface area contributed by atoms with E-state index in [1.165, 1.54) is 31.4 Å². The number of nitrogens with one attached hydrogen (secondary N) is 2. The number of carbonyl (C=O) groups excluding carboxylic acids is 1. The average molecular weight is 332 g/mol. The molecule has 1 aromatic rings. The molecule has 128 valence electrons. The van der Waals surface area contributed by atoms with E-state index in [-0.39, 0.29) is 18.2 Å². The van der Waals surface area contributed by atoms with Crippen LogP contribution in [0.1, 0.15) is 24.4 Å². The van der Waals surface area contributed by atoms with E-state index in [4.69, 9.17) is 9.47 Å². The number of rotatable bonds is 5. The zero-order valence-corrected chi connectivity index (χ0v) is 12.7. The molecule has 1 aliphatic rings. The van der Waals surface area contributed by atoms with Gasteiger partial charge < -0.3 is 20.1 Å². The molecule has 0 radical (unpaired) electrons. The molecule has 5 nitrogen and oxygen atoms in total. The van der Waals surface area contributed by atoms with Crippen LogP contribution in [0.3, 0.4) is 0 Å². The second-order valence-corrected chi connectivity index (χ2v) is 5.24. The minimum absolute atomic E-state index is 0.0643. The van der Waals surface area contributed by atoms with Crippen LogP contribution in [-0.2, 0) is 4.74 Å². The molecule has 0 bridgehead atoms. The summed E-state index contributed by atoms with van der Waals surface area (Å²) in [6.07, 6.45) is -3.05. The van der Waals surface area contributed by atoms with Gasteiger partial charge in [-0.1, -0.05) is 12.1 Å². The van der Waals surface area contributed by atoms with Crippen molar-refractivity contribution < 1.29 is 27.4 Å². The molecule has 1 heterocycles. The van der Waals surface area contributed by atoms with Gasteiger partial charge in [0.25, 0.3) is 0 Å². The summed E-state index contributed by atoms with van der Waals surface area (Å²) in [5.41, 5.74) is -0.0643. The highest BCUT2D eigenvalue weighted by Crippen LogP contribution is 2.33. The van der Waals surface area contributed by atoms with Crippen LogP contribution in [0.2, 0.25) is 0 Å². The number of hydrogen-bond acceptors (Lipinski definition) is 3. The molecule has 2 rings (SSSR count). The Labute approximate surface area is 132 Å². The molecule has 1 aromatic carbocycles. The first-order chi connectivity index (χ1) is 10.9. The SMILES string of the molecule is COc1ccc(C(NC(=O)NCC2CCCO2)C(F)(F)F)cc1. The normalized spacial score (nSPS) is 19.2. The zero-order chi connectivity index (χ0) is 16.9. The molecule has 1 fully saturated rings. The minimum Gasteiger partial charge on any atom is -0.497 e. The summed E-state index contributed by atoms with van der Waals surface area (Å²) in [5.74, 6) is 0.442. The van der Waals surface area contributed by atoms with E-state index >= 15 is 0 Å². The standard InChI is InChI=1S/C15H19F3N2O3/c1-22-11-6-4-10(5-7-11)13(15(16,17)18)20-14(21)19-9-12-3-2-8-23-12/h4-7,12-13H,2-3,8-9H2,1H3,(H2,19,20,21). The topological polar surface area (TPSA) is 59.6 Å². The Morgan fingerprint density at radius 1 is 1.39 bits per heavy atom. The second kappa shape index (κ2) is 7.54. The van der Waals surface area contributed by atoms with Gasteiger partial charge in [-0.2, -0.15) is 13.2 Å². The Balaban J connectivity index is 1.98. The second-order valence-electron chi connectivity index (χ2n) is 5.24. The van der Waals surface area contributed by atoms with Gasteiger partial charge in [0, 0.05) is 13.2 Å². The fraction of sp³-hybridized carbons (Fsp3) is 0.533. The summed E-state index contributed by atoms with van der Waals surface area (Å²) in [6.45, 7) is 0.810. The number of alkyl halides is 3. The van der Waals surface area contributed by atoms with Crippen molar-refractivity contribution in [3.8, 4) is 5.75 Å². The van der Waals surface area contributed by atoms with Gasteiger partial charge in [-0.25, -0.2) is 4.79 Å². The smallest absolute Gasteiger partial charge is 0.412 e. The third-order valence-electron chi connectivity index (χ3n) is 3.57. The van der Waals surface area contributed by atoms with Crippen LogP contribution in [0.25, 0.3) is 0 Å². The lowest BCUT2D eigenvalue weighted by atomic mass is 10.1. The van der Waals surface area contributed by atoms with Crippen molar-refractivity contribution in [2.75, 3.05) is 20.3 Å². The molecule has 0 aromatic heterocycles. The highest BCUT2D eigenvalue weighted by molar-refractivity contribution is 5.74. The van der Waals surface area contributed by atoms with E-state index < -0.39 is 18.2 Å². The Kier molecular flexibility index (Phi) is 5.70. The number of carbonyl (C=O) groups is 1. The Hall–Kier alpha value is -1.96. The monoisotopic (exact) mass is 332 g/mol. The third-order valence-corrected chi connectivity index (χ3v) is 3.57. The predicted octanol–water partition coefficient (Wildman–Crippen LogP) is 2.78. The van der Waals surface area contributed by atoms with Crippen molar-refractivity contribution >= 4 is 6.03 Å². The highest BCUT2D eigenvalue weighted by Gasteiger charge is 2.42. The number of methoxy groups -OCH3 is 1. The summed E-state index contributed by atoms with van der Waals surface area (Å²) >= 11 is 0. The number of halogens is 3. The fourth-order valence-electron chi connectivity index (χ4n) is 2.34. The molecule has 0 aliphatic carbocycles. The van der Waals surface area contributed by atoms with Crippen molar-refractivity contribution in [1.82, 2.24) is 10.6 Å². The molecule has 2 unspecified atom stereocenters. The average Bonchev–Trinajstić information content (AvgIpc) is 3.03. The summed E-state index contributed by atoms with van der Waals surface area (Å²) in [5, 5.41) is 4.38. The predicted molar refractivity (Wildman–Crippen MR) is 77.3 cm³/mol. The van der Waals surface area contributed by atoms with Gasteiger partial charge in [0.2, 0.25) is 0 Å². The van der Waals surface area contributed by atoms with Crippen molar-refractivity contribution in [3.05, 3.63) is 29.8 Å². The Morgan fingerprint density at radius 2 is 2.09 bits per heavy atom. The molecule has 8 heteroatoms. The van der Waals surface area contributed by atoms with Gasteiger partial charge in [-0.3, -0.25) is 0 Å². The lowest BCUT2D eigenvalue weighted by Crippen LogP contribution is -2.45. The molecule has 23 heavy (non-hydrogen) atoms. The van der Waals surface area contributed by atoms with Crippen LogP contribution in [0.4, 0.5) is 18.0 Å². The van der Waals surface area contributed by atoms with Gasteiger partial charge >= 0.3 is 12.2 Å². The van der Waals surface area contributed by atoms with Crippen molar-refractivity contribution in [2.24, 2.45) is 0 Å². The highest BCUT2D eigenvalue weighted by atomic mass is 19.4. The van der Waals surface area contributed by atoms with Crippen molar-refractivity contribution in [1.29, 1.82) is 0 Å². The number of hydrogen-bond donors (Lipinski definition) is 2. The lowest BCUT2D eigenvalue weighted by Gasteiger charge is -2.23. The maximum atomic E-state index is 13.2. The maximum absolute atomic E-state index is 13.2. The molecule has 1 aliphatic heterocycles. The molecule has 2 amide bonds. The van der Waals surface area contributed by atoms with E-state index in [0.29, 0.717) is 12.4 Å². The van der Waals surface area contributed by atoms with Gasteiger partial charge in [-0.05, 0) is 30.5 Å². The van der Waals surface area contributed by atoms with E-state index in [9.17, 15) is 18.0 Å². The number of benzene rings is 1. The third kappa shape index (κ3) is 5.02. The van der Waals surface area contributed by atoms with Crippen LogP contribution in [-0.4, -0.2) is 38.6 Å². The quantitative estimate of drug-likeness (QED) is 0.872. The largest absolute Gasteiger partial charge is 0.497 e. The maximum Gasteiger partial charge on any atom is 0.412 e. The number of amides is 2. The summed E-state index contributed by atoms with van der Waals surface area (Å²) in [4.78, 5) is 11.8. The van der Waals surface area contributed by atoms with Crippen LogP contribution < -0.4 is 15.4 Å². The van der Waals surface area contributed by atoms with Gasteiger partial charge in [0.05, 0.1) is 13.2 Å². The van der Waals surface area contributed by atoms with Crippen molar-refractivity contribution in [2.45, 2.75) is 31.2 Å². The summed E-state index contributed by atoms with van der Waals surface area (Å²) < 4.78 is 49.8. The first kappa shape index (κ1) is 17.4. The van der Waals surface area contributed by atoms with E-state index in [1.54, 1.807) is 0 Å². The molecular formula is C15H19F3N2O3. The Morgan fingerprint density at radius 3 is 2.61 bits per heavy atom. The molecule has 0 saturated carbocycles. The minimum atomic E-state index is -4.60. The van der Waals surface area contributed by atoms with Crippen LogP contribution in [0.5, 0.6) is 5.75 Å². The van der Waals surface area contributed by atoms with Crippen LogP contribution in [0, 0.1) is 0 Å². The van der Waals surface area contributed by atoms with Gasteiger partial charge in [0.15, 0.2) is 6.04 Å². The molecule has 0 spiro atoms. The zero-order valence-electron chi connectivity index (χ0n) is 12.7. The summed E-state index contributed by atoms with van der Waals surface area (Å²) in [7, 11) is 1.42. The molecule has 2 N–H and O–H groups in total.